The summed E-state index contributed by atoms with van der Waals surface area (Å²) in [6.07, 6.45) is 6.14. The Morgan fingerprint density at radius 3 is 3.06 bits per heavy atom. The fraction of sp³-hybridized carbons (Fsp3) is 0.846. The fourth-order valence-electron chi connectivity index (χ4n) is 2.41. The number of rotatable bonds is 6. The lowest BCUT2D eigenvalue weighted by molar-refractivity contribution is 0.0838. The lowest BCUT2D eigenvalue weighted by Gasteiger charge is -2.22. The summed E-state index contributed by atoms with van der Waals surface area (Å²) in [5, 5.41) is 7.39. The summed E-state index contributed by atoms with van der Waals surface area (Å²) >= 11 is 0. The van der Waals surface area contributed by atoms with Crippen LogP contribution in [-0.4, -0.2) is 29.8 Å². The molecule has 0 spiro atoms. The number of nitrogens with one attached hydrogen (secondary N) is 1. The first-order chi connectivity index (χ1) is 8.92. The van der Waals surface area contributed by atoms with Crippen LogP contribution in [0.1, 0.15) is 49.7 Å². The van der Waals surface area contributed by atoms with Crippen LogP contribution in [0, 0.1) is 5.92 Å². The zero-order valence-corrected chi connectivity index (χ0v) is 10.7. The quantitative estimate of drug-likeness (QED) is 0.782. The van der Waals surface area contributed by atoms with E-state index in [0.29, 0.717) is 18.4 Å². The van der Waals surface area contributed by atoms with Gasteiger partial charge >= 0.3 is 0 Å². The third-order valence-corrected chi connectivity index (χ3v) is 3.72. The van der Waals surface area contributed by atoms with Gasteiger partial charge in [-0.25, -0.2) is 0 Å². The molecule has 0 radical (unpaired) electrons. The van der Waals surface area contributed by atoms with Crippen molar-refractivity contribution in [2.75, 3.05) is 19.7 Å². The maximum absolute atomic E-state index is 5.61. The summed E-state index contributed by atoms with van der Waals surface area (Å²) in [4.78, 5) is 4.34. The molecular formula is C13H21N3O2. The minimum absolute atomic E-state index is 0.458. The minimum Gasteiger partial charge on any atom is -0.372 e. The number of hydrogen-bond acceptors (Lipinski definition) is 5. The van der Waals surface area contributed by atoms with Crippen LogP contribution >= 0.6 is 0 Å². The largest absolute Gasteiger partial charge is 0.372 e. The van der Waals surface area contributed by atoms with Gasteiger partial charge in [0.2, 0.25) is 0 Å². The topological polar surface area (TPSA) is 60.2 Å². The number of piperidine rings is 1. The smallest absolute Gasteiger partial charge is 0.252 e. The van der Waals surface area contributed by atoms with Gasteiger partial charge < -0.3 is 14.6 Å². The first-order valence-corrected chi connectivity index (χ1v) is 7.03. The second-order valence-corrected chi connectivity index (χ2v) is 5.37. The Labute approximate surface area is 107 Å². The number of ether oxygens (including phenoxy) is 1. The van der Waals surface area contributed by atoms with Crippen molar-refractivity contribution in [3.05, 3.63) is 11.7 Å². The third-order valence-electron chi connectivity index (χ3n) is 3.72. The van der Waals surface area contributed by atoms with Gasteiger partial charge in [0.1, 0.15) is 6.61 Å². The van der Waals surface area contributed by atoms with Crippen LogP contribution in [0.5, 0.6) is 0 Å². The summed E-state index contributed by atoms with van der Waals surface area (Å²) in [5.74, 6) is 2.81. The molecule has 100 valence electrons. The molecule has 1 saturated heterocycles. The molecule has 5 nitrogen and oxygen atoms in total. The molecule has 3 rings (SSSR count). The van der Waals surface area contributed by atoms with E-state index in [9.17, 15) is 0 Å². The van der Waals surface area contributed by atoms with Gasteiger partial charge in [-0.2, -0.15) is 4.98 Å². The van der Waals surface area contributed by atoms with Gasteiger partial charge in [0.15, 0.2) is 5.82 Å². The van der Waals surface area contributed by atoms with E-state index in [2.05, 4.69) is 15.5 Å². The van der Waals surface area contributed by atoms with Crippen LogP contribution in [0.25, 0.3) is 0 Å². The van der Waals surface area contributed by atoms with Crippen molar-refractivity contribution in [2.24, 2.45) is 5.92 Å². The van der Waals surface area contributed by atoms with Gasteiger partial charge in [0, 0.05) is 12.5 Å². The highest BCUT2D eigenvalue weighted by molar-refractivity contribution is 5.02. The van der Waals surface area contributed by atoms with Crippen molar-refractivity contribution >= 4 is 0 Å². The number of nitrogens with zero attached hydrogens (tertiary/aromatic N) is 2. The van der Waals surface area contributed by atoms with Crippen molar-refractivity contribution in [1.82, 2.24) is 15.5 Å². The normalized spacial score (nSPS) is 24.3. The molecule has 18 heavy (non-hydrogen) atoms. The molecule has 1 aromatic rings. The highest BCUT2D eigenvalue weighted by Gasteiger charge is 2.28. The number of aromatic nitrogens is 2. The van der Waals surface area contributed by atoms with Crippen molar-refractivity contribution < 1.29 is 9.26 Å². The Hall–Kier alpha value is -0.940. The lowest BCUT2D eigenvalue weighted by atomic mass is 9.97. The second-order valence-electron chi connectivity index (χ2n) is 5.37. The van der Waals surface area contributed by atoms with Crippen molar-refractivity contribution in [3.63, 3.8) is 0 Å². The highest BCUT2D eigenvalue weighted by atomic mass is 16.5. The molecule has 1 aliphatic heterocycles. The molecule has 1 aliphatic carbocycles. The van der Waals surface area contributed by atoms with E-state index in [1.54, 1.807) is 0 Å². The Balaban J connectivity index is 1.33. The Morgan fingerprint density at radius 1 is 1.33 bits per heavy atom. The molecular weight excluding hydrogens is 230 g/mol. The SMILES string of the molecule is C1CNCC(CCOCc2nc(C3CC3)no2)C1. The maximum Gasteiger partial charge on any atom is 0.252 e. The van der Waals surface area contributed by atoms with E-state index in [4.69, 9.17) is 9.26 Å². The zero-order valence-electron chi connectivity index (χ0n) is 10.7. The van der Waals surface area contributed by atoms with Crippen molar-refractivity contribution in [2.45, 2.75) is 44.6 Å². The minimum atomic E-state index is 0.458. The lowest BCUT2D eigenvalue weighted by Crippen LogP contribution is -2.30. The highest BCUT2D eigenvalue weighted by Crippen LogP contribution is 2.38. The average Bonchev–Trinajstić information content (AvgIpc) is 3.16. The van der Waals surface area contributed by atoms with E-state index in [1.807, 2.05) is 0 Å². The van der Waals surface area contributed by atoms with Crippen LogP contribution in [0.3, 0.4) is 0 Å². The summed E-state index contributed by atoms with van der Waals surface area (Å²) in [6, 6.07) is 0. The Bertz CT molecular complexity index is 370. The van der Waals surface area contributed by atoms with Crippen LogP contribution < -0.4 is 5.32 Å². The molecule has 2 aliphatic rings. The fourth-order valence-corrected chi connectivity index (χ4v) is 2.41. The Morgan fingerprint density at radius 2 is 2.28 bits per heavy atom. The van der Waals surface area contributed by atoms with Gasteiger partial charge in [-0.15, -0.1) is 0 Å². The van der Waals surface area contributed by atoms with Crippen molar-refractivity contribution in [3.8, 4) is 0 Å². The third kappa shape index (κ3) is 3.29. The summed E-state index contributed by atoms with van der Waals surface area (Å²) in [6.45, 7) is 3.55. The molecule has 2 heterocycles. The average molecular weight is 251 g/mol. The van der Waals surface area contributed by atoms with E-state index >= 15 is 0 Å². The van der Waals surface area contributed by atoms with Gasteiger partial charge in [-0.1, -0.05) is 5.16 Å². The van der Waals surface area contributed by atoms with Gasteiger partial charge in [0.25, 0.3) is 5.89 Å². The number of hydrogen-bond donors (Lipinski definition) is 1. The second kappa shape index (κ2) is 5.80. The van der Waals surface area contributed by atoms with Gasteiger partial charge in [0.05, 0.1) is 0 Å². The van der Waals surface area contributed by atoms with E-state index in [-0.39, 0.29) is 0 Å². The molecule has 5 heteroatoms. The van der Waals surface area contributed by atoms with Crippen molar-refractivity contribution in [1.29, 1.82) is 0 Å². The summed E-state index contributed by atoms with van der Waals surface area (Å²) in [5.41, 5.74) is 0. The first kappa shape index (κ1) is 12.1. The van der Waals surface area contributed by atoms with Crippen LogP contribution in [0.15, 0.2) is 4.52 Å². The summed E-state index contributed by atoms with van der Waals surface area (Å²) < 4.78 is 10.8. The molecule has 1 aromatic heterocycles. The van der Waals surface area contributed by atoms with Crippen LogP contribution in [-0.2, 0) is 11.3 Å². The summed E-state index contributed by atoms with van der Waals surface area (Å²) in [7, 11) is 0. The molecule has 1 atom stereocenters. The monoisotopic (exact) mass is 251 g/mol. The first-order valence-electron chi connectivity index (χ1n) is 7.03. The Kier molecular flexibility index (Phi) is 3.90. The zero-order chi connectivity index (χ0) is 12.2. The van der Waals surface area contributed by atoms with Crippen LogP contribution in [0.2, 0.25) is 0 Å². The molecule has 1 unspecified atom stereocenters. The predicted molar refractivity (Wildman–Crippen MR) is 66.1 cm³/mol. The molecule has 0 aromatic carbocycles. The standard InChI is InChI=1S/C13H21N3O2/c1-2-10(8-14-6-1)5-7-17-9-12-15-13(16-18-12)11-3-4-11/h10-11,14H,1-9H2. The molecule has 0 amide bonds. The molecule has 2 fully saturated rings. The molecule has 1 saturated carbocycles. The van der Waals surface area contributed by atoms with Gasteiger partial charge in [-0.3, -0.25) is 0 Å². The van der Waals surface area contributed by atoms with E-state index in [1.165, 1.54) is 32.2 Å². The van der Waals surface area contributed by atoms with Crippen LogP contribution in [0.4, 0.5) is 0 Å². The van der Waals surface area contributed by atoms with E-state index in [0.717, 1.165) is 31.3 Å². The molecule has 1 N–H and O–H groups in total. The van der Waals surface area contributed by atoms with E-state index < -0.39 is 0 Å². The van der Waals surface area contributed by atoms with Gasteiger partial charge in [-0.05, 0) is 51.1 Å². The molecule has 0 bridgehead atoms. The predicted octanol–water partition coefficient (Wildman–Crippen LogP) is 1.85. The maximum atomic E-state index is 5.61.